The Hall–Kier alpha value is -3.71. The van der Waals surface area contributed by atoms with E-state index in [-0.39, 0.29) is 22.3 Å². The van der Waals surface area contributed by atoms with E-state index in [0.29, 0.717) is 18.0 Å². The van der Waals surface area contributed by atoms with Crippen molar-refractivity contribution < 1.29 is 22.7 Å². The van der Waals surface area contributed by atoms with Crippen LogP contribution in [0.2, 0.25) is 0 Å². The molecule has 1 aliphatic carbocycles. The monoisotopic (exact) mass is 700 g/mol. The summed E-state index contributed by atoms with van der Waals surface area (Å²) in [6.07, 6.45) is 7.72. The first-order chi connectivity index (χ1) is 23.8. The van der Waals surface area contributed by atoms with Crippen LogP contribution in [0.5, 0.6) is 5.75 Å². The third kappa shape index (κ3) is 5.20. The quantitative estimate of drug-likeness (QED) is 0.415. The van der Waals surface area contributed by atoms with E-state index in [9.17, 15) is 18.0 Å². The minimum Gasteiger partial charge on any atom is -0.497 e. The van der Waals surface area contributed by atoms with E-state index in [1.165, 1.54) is 26.1 Å². The van der Waals surface area contributed by atoms with E-state index in [4.69, 9.17) is 4.74 Å². The number of methoxy groups -OCH3 is 1. The fourth-order valence-corrected chi connectivity index (χ4v) is 10.7. The number of likely N-dealkylation sites (tertiary alicyclic amines) is 3. The smallest absolute Gasteiger partial charge is 0.303 e. The van der Waals surface area contributed by atoms with Crippen LogP contribution in [0.15, 0.2) is 42.0 Å². The summed E-state index contributed by atoms with van der Waals surface area (Å²) in [6.45, 7) is 5.78. The molecule has 4 fully saturated rings. The highest BCUT2D eigenvalue weighted by Gasteiger charge is 2.66. The number of hydrogen-bond donors (Lipinski definition) is 1. The summed E-state index contributed by atoms with van der Waals surface area (Å²) >= 11 is 0. The number of fused-ring (bicyclic) bond motifs is 5. The molecule has 1 saturated carbocycles. The maximum atomic E-state index is 14.8. The van der Waals surface area contributed by atoms with Gasteiger partial charge in [0.05, 0.1) is 19.3 Å². The molecule has 3 saturated heterocycles. The highest BCUT2D eigenvalue weighted by Crippen LogP contribution is 2.56. The predicted octanol–water partition coefficient (Wildman–Crippen LogP) is 4.00. The van der Waals surface area contributed by atoms with Crippen molar-refractivity contribution in [1.29, 1.82) is 0 Å². The zero-order valence-electron chi connectivity index (χ0n) is 29.8. The number of carbonyl (C=O) groups excluding carboxylic acids is 2. The van der Waals surface area contributed by atoms with E-state index in [1.54, 1.807) is 19.2 Å². The second-order valence-corrected chi connectivity index (χ2v) is 17.7. The van der Waals surface area contributed by atoms with Crippen LogP contribution in [0, 0.1) is 10.8 Å². The Morgan fingerprint density at radius 1 is 0.900 bits per heavy atom. The summed E-state index contributed by atoms with van der Waals surface area (Å²) in [5.41, 5.74) is 6.18. The van der Waals surface area contributed by atoms with E-state index in [0.717, 1.165) is 103 Å². The zero-order valence-corrected chi connectivity index (χ0v) is 30.6. The lowest BCUT2D eigenvalue weighted by atomic mass is 9.71. The van der Waals surface area contributed by atoms with Gasteiger partial charge in [0.25, 0.3) is 11.8 Å². The SMILES string of the molecule is COc1ccc2c(c1)C=C(C(=O)N1CC34CN(C)CC3(CN(C)C4)C1)Cn1c-2c(C2CCCCC2)c2ccc(C(=O)NS(=O)(=O)N(C)C)cc21. The minimum absolute atomic E-state index is 0.0546. The van der Waals surface area contributed by atoms with Gasteiger partial charge in [0.15, 0.2) is 0 Å². The van der Waals surface area contributed by atoms with Crippen molar-refractivity contribution in [2.75, 3.05) is 74.6 Å². The molecule has 3 aromatic rings. The van der Waals surface area contributed by atoms with Gasteiger partial charge in [-0.25, -0.2) is 4.72 Å². The second kappa shape index (κ2) is 11.9. The van der Waals surface area contributed by atoms with Gasteiger partial charge in [-0.3, -0.25) is 9.59 Å². The van der Waals surface area contributed by atoms with Crippen LogP contribution in [0.1, 0.15) is 59.5 Å². The Labute approximate surface area is 295 Å². The summed E-state index contributed by atoms with van der Waals surface area (Å²) < 4.78 is 36.3. The Balaban J connectivity index is 1.27. The molecule has 0 bridgehead atoms. The molecule has 11 nitrogen and oxygen atoms in total. The Kier molecular flexibility index (Phi) is 7.98. The molecule has 8 rings (SSSR count). The Morgan fingerprint density at radius 3 is 2.18 bits per heavy atom. The van der Waals surface area contributed by atoms with Crippen LogP contribution >= 0.6 is 0 Å². The van der Waals surface area contributed by atoms with Gasteiger partial charge in [-0.05, 0) is 80.4 Å². The van der Waals surface area contributed by atoms with Gasteiger partial charge in [0, 0.05) is 91.8 Å². The fraction of sp³-hybridized carbons (Fsp3) is 0.526. The lowest BCUT2D eigenvalue weighted by Gasteiger charge is -2.28. The van der Waals surface area contributed by atoms with Gasteiger partial charge in [-0.2, -0.15) is 12.7 Å². The summed E-state index contributed by atoms with van der Waals surface area (Å²) in [5, 5.41) is 1.04. The van der Waals surface area contributed by atoms with Gasteiger partial charge < -0.3 is 24.0 Å². The van der Waals surface area contributed by atoms with Gasteiger partial charge >= 0.3 is 10.2 Å². The van der Waals surface area contributed by atoms with Crippen molar-refractivity contribution in [3.63, 3.8) is 0 Å². The van der Waals surface area contributed by atoms with Crippen LogP contribution in [0.4, 0.5) is 0 Å². The minimum atomic E-state index is -3.98. The molecule has 2 aromatic carbocycles. The average Bonchev–Trinajstić information content (AvgIpc) is 3.67. The van der Waals surface area contributed by atoms with Gasteiger partial charge in [-0.1, -0.05) is 25.3 Å². The molecule has 1 aromatic heterocycles. The number of ether oxygens (including phenoxy) is 1. The van der Waals surface area contributed by atoms with Crippen LogP contribution in [-0.2, 0) is 21.5 Å². The van der Waals surface area contributed by atoms with Crippen LogP contribution in [0.25, 0.3) is 28.2 Å². The number of hydrogen-bond acceptors (Lipinski definition) is 7. The van der Waals surface area contributed by atoms with E-state index < -0.39 is 16.1 Å². The zero-order chi connectivity index (χ0) is 35.2. The van der Waals surface area contributed by atoms with E-state index in [1.807, 2.05) is 18.2 Å². The number of benzene rings is 2. The maximum Gasteiger partial charge on any atom is 0.303 e. The summed E-state index contributed by atoms with van der Waals surface area (Å²) in [7, 11) is 4.85. The predicted molar refractivity (Wildman–Crippen MR) is 194 cm³/mol. The summed E-state index contributed by atoms with van der Waals surface area (Å²) in [5.74, 6) is 0.419. The highest BCUT2D eigenvalue weighted by molar-refractivity contribution is 7.87. The summed E-state index contributed by atoms with van der Waals surface area (Å²) in [4.78, 5) is 35.2. The lowest BCUT2D eigenvalue weighted by molar-refractivity contribution is -0.127. The largest absolute Gasteiger partial charge is 0.497 e. The molecule has 12 heteroatoms. The third-order valence-corrected chi connectivity index (χ3v) is 13.6. The number of nitrogens with zero attached hydrogens (tertiary/aromatic N) is 5. The summed E-state index contributed by atoms with van der Waals surface area (Å²) in [6, 6.07) is 11.6. The lowest BCUT2D eigenvalue weighted by Crippen LogP contribution is -2.41. The van der Waals surface area contributed by atoms with Gasteiger partial charge in [0.2, 0.25) is 0 Å². The van der Waals surface area contributed by atoms with Crippen molar-refractivity contribution in [2.45, 2.75) is 44.6 Å². The first-order valence-corrected chi connectivity index (χ1v) is 19.2. The molecule has 5 aliphatic rings. The second-order valence-electron chi connectivity index (χ2n) is 15.8. The van der Waals surface area contributed by atoms with Crippen molar-refractivity contribution in [3.05, 3.63) is 58.7 Å². The Bertz CT molecular complexity index is 2010. The first-order valence-electron chi connectivity index (χ1n) is 17.8. The fourth-order valence-electron chi connectivity index (χ4n) is 10.2. The number of carbonyl (C=O) groups is 2. The molecule has 0 radical (unpaired) electrons. The Morgan fingerprint density at radius 2 is 1.56 bits per heavy atom. The highest BCUT2D eigenvalue weighted by atomic mass is 32.2. The molecule has 1 N–H and O–H groups in total. The van der Waals surface area contributed by atoms with Crippen LogP contribution in [0.3, 0.4) is 0 Å². The number of amides is 2. The molecule has 0 spiro atoms. The molecule has 0 atom stereocenters. The molecular weight excluding hydrogens is 653 g/mol. The number of nitrogens with one attached hydrogen (secondary N) is 1. The first kappa shape index (κ1) is 33.4. The normalized spacial score (nSPS) is 25.6. The third-order valence-electron chi connectivity index (χ3n) is 12.2. The maximum absolute atomic E-state index is 14.8. The molecule has 0 unspecified atom stereocenters. The van der Waals surface area contributed by atoms with Crippen LogP contribution < -0.4 is 9.46 Å². The average molecular weight is 701 g/mol. The molecule has 50 heavy (non-hydrogen) atoms. The molecule has 4 aliphatic heterocycles. The van der Waals surface area contributed by atoms with Crippen molar-refractivity contribution in [1.82, 2.24) is 28.3 Å². The topological polar surface area (TPSA) is 107 Å². The molecule has 266 valence electrons. The van der Waals surface area contributed by atoms with Crippen molar-refractivity contribution >= 4 is 39.0 Å². The van der Waals surface area contributed by atoms with E-state index in [2.05, 4.69) is 50.2 Å². The molecule has 5 heterocycles. The standard InChI is InChI=1S/C38H48N6O5S/c1-40(2)50(47,48)39-35(45)26-11-13-31-32(17-26)44-18-28(36(46)43-23-37-19-41(3)20-38(37,24-43)22-42(4)21-37)15-27-16-29(49-5)12-14-30(27)34(44)33(31)25-9-7-6-8-10-25/h11-17,25H,6-10,18-24H2,1-5H3,(H,39,45). The molecular formula is C38H48N6O5S. The number of rotatable bonds is 6. The van der Waals surface area contributed by atoms with Gasteiger partial charge in [-0.15, -0.1) is 0 Å². The van der Waals surface area contributed by atoms with E-state index >= 15 is 0 Å². The number of aromatic nitrogens is 1. The van der Waals surface area contributed by atoms with Crippen LogP contribution in [-0.4, -0.2) is 118 Å². The van der Waals surface area contributed by atoms with Gasteiger partial charge in [0.1, 0.15) is 5.75 Å². The van der Waals surface area contributed by atoms with Crippen molar-refractivity contribution in [3.8, 4) is 17.0 Å². The molecule has 2 amide bonds. The van der Waals surface area contributed by atoms with Crippen molar-refractivity contribution in [2.24, 2.45) is 10.8 Å².